The predicted octanol–water partition coefficient (Wildman–Crippen LogP) is 1.09. The second kappa shape index (κ2) is 8.82. The number of piperidine rings is 2. The first-order valence-electron chi connectivity index (χ1n) is 9.70. The molecule has 2 saturated heterocycles. The van der Waals surface area contributed by atoms with Gasteiger partial charge in [-0.2, -0.15) is 0 Å². The number of nitrogens with zero attached hydrogens (tertiary/aromatic N) is 1. The van der Waals surface area contributed by atoms with E-state index in [2.05, 4.69) is 15.5 Å². The Labute approximate surface area is 160 Å². The molecule has 27 heavy (non-hydrogen) atoms. The zero-order valence-corrected chi connectivity index (χ0v) is 16.0. The van der Waals surface area contributed by atoms with Gasteiger partial charge in [-0.15, -0.1) is 0 Å². The fraction of sp³-hybridized carbons (Fsp3) is 0.600. The third-order valence-electron chi connectivity index (χ3n) is 5.74. The van der Waals surface area contributed by atoms with Crippen molar-refractivity contribution >= 4 is 17.5 Å². The standard InChI is InChI=1S/C20H30N4O3/c1-27-20(8-10-22-11-9-20)19(26)23-17-6-4-15(5-7-17)13-24-12-2-3-16(14-24)18(21)25/h4-7,16,22H,2-3,8-14H2,1H3,(H2,21,25)(H,23,26). The number of nitrogens with one attached hydrogen (secondary N) is 2. The third-order valence-corrected chi connectivity index (χ3v) is 5.74. The van der Waals surface area contributed by atoms with Gasteiger partial charge in [0.25, 0.3) is 5.91 Å². The van der Waals surface area contributed by atoms with Crippen LogP contribution in [0.25, 0.3) is 0 Å². The number of ether oxygens (including phenoxy) is 1. The molecule has 3 rings (SSSR count). The van der Waals surface area contributed by atoms with E-state index in [9.17, 15) is 9.59 Å². The van der Waals surface area contributed by atoms with Crippen molar-refractivity contribution in [3.8, 4) is 0 Å². The molecule has 7 nitrogen and oxygen atoms in total. The number of methoxy groups -OCH3 is 1. The summed E-state index contributed by atoms with van der Waals surface area (Å²) in [7, 11) is 1.60. The Morgan fingerprint density at radius 2 is 2.00 bits per heavy atom. The van der Waals surface area contributed by atoms with Crippen LogP contribution in [0.3, 0.4) is 0 Å². The maximum atomic E-state index is 12.7. The van der Waals surface area contributed by atoms with E-state index in [4.69, 9.17) is 10.5 Å². The number of carbonyl (C=O) groups excluding carboxylic acids is 2. The van der Waals surface area contributed by atoms with E-state index in [1.807, 2.05) is 24.3 Å². The first kappa shape index (κ1) is 19.8. The third kappa shape index (κ3) is 4.86. The molecule has 1 atom stereocenters. The highest BCUT2D eigenvalue weighted by Crippen LogP contribution is 2.25. The van der Waals surface area contributed by atoms with Gasteiger partial charge in [-0.3, -0.25) is 14.5 Å². The number of likely N-dealkylation sites (tertiary alicyclic amines) is 1. The van der Waals surface area contributed by atoms with E-state index >= 15 is 0 Å². The lowest BCUT2D eigenvalue weighted by molar-refractivity contribution is -0.140. The predicted molar refractivity (Wildman–Crippen MR) is 104 cm³/mol. The molecule has 2 aliphatic rings. The normalized spacial score (nSPS) is 22.9. The summed E-state index contributed by atoms with van der Waals surface area (Å²) < 4.78 is 5.57. The van der Waals surface area contributed by atoms with E-state index in [1.54, 1.807) is 7.11 Å². The van der Waals surface area contributed by atoms with Crippen LogP contribution in [0, 0.1) is 5.92 Å². The molecule has 0 spiro atoms. The molecule has 4 N–H and O–H groups in total. The Hall–Kier alpha value is -1.96. The molecule has 0 aromatic heterocycles. The van der Waals surface area contributed by atoms with Crippen LogP contribution in [0.15, 0.2) is 24.3 Å². The van der Waals surface area contributed by atoms with Crippen molar-refractivity contribution in [2.45, 2.75) is 37.8 Å². The van der Waals surface area contributed by atoms with Crippen molar-refractivity contribution in [2.24, 2.45) is 11.7 Å². The fourth-order valence-corrected chi connectivity index (χ4v) is 3.98. The van der Waals surface area contributed by atoms with Crippen molar-refractivity contribution in [3.63, 3.8) is 0 Å². The van der Waals surface area contributed by atoms with Gasteiger partial charge < -0.3 is 21.1 Å². The fourth-order valence-electron chi connectivity index (χ4n) is 3.98. The van der Waals surface area contributed by atoms with E-state index < -0.39 is 5.60 Å². The Morgan fingerprint density at radius 1 is 1.30 bits per heavy atom. The number of nitrogens with two attached hydrogens (primary N) is 1. The molecule has 0 aliphatic carbocycles. The van der Waals surface area contributed by atoms with Crippen LogP contribution < -0.4 is 16.4 Å². The number of anilines is 1. The number of hydrogen-bond donors (Lipinski definition) is 3. The Morgan fingerprint density at radius 3 is 2.63 bits per heavy atom. The van der Waals surface area contributed by atoms with Crippen LogP contribution in [-0.2, 0) is 20.9 Å². The summed E-state index contributed by atoms with van der Waals surface area (Å²) >= 11 is 0. The topological polar surface area (TPSA) is 96.7 Å². The quantitative estimate of drug-likeness (QED) is 0.693. The van der Waals surface area contributed by atoms with Gasteiger partial charge in [0.05, 0.1) is 5.92 Å². The maximum Gasteiger partial charge on any atom is 0.256 e. The number of hydrogen-bond acceptors (Lipinski definition) is 5. The summed E-state index contributed by atoms with van der Waals surface area (Å²) in [6.45, 7) is 4.04. The molecule has 1 aromatic carbocycles. The lowest BCUT2D eigenvalue weighted by Crippen LogP contribution is -2.51. The van der Waals surface area contributed by atoms with Crippen LogP contribution >= 0.6 is 0 Å². The van der Waals surface area contributed by atoms with Crippen LogP contribution in [-0.4, -0.2) is 55.6 Å². The van der Waals surface area contributed by atoms with Crippen LogP contribution in [0.5, 0.6) is 0 Å². The Kier molecular flexibility index (Phi) is 6.46. The Bertz CT molecular complexity index is 656. The van der Waals surface area contributed by atoms with Gasteiger partial charge in [-0.1, -0.05) is 12.1 Å². The molecule has 148 valence electrons. The van der Waals surface area contributed by atoms with Crippen LogP contribution in [0.4, 0.5) is 5.69 Å². The van der Waals surface area contributed by atoms with Crippen molar-refractivity contribution in [2.75, 3.05) is 38.6 Å². The molecule has 2 heterocycles. The van der Waals surface area contributed by atoms with Crippen molar-refractivity contribution < 1.29 is 14.3 Å². The van der Waals surface area contributed by atoms with E-state index in [1.165, 1.54) is 0 Å². The van der Waals surface area contributed by atoms with Crippen molar-refractivity contribution in [3.05, 3.63) is 29.8 Å². The van der Waals surface area contributed by atoms with E-state index in [0.717, 1.165) is 56.8 Å². The molecular formula is C20H30N4O3. The number of rotatable bonds is 6. The monoisotopic (exact) mass is 374 g/mol. The number of carbonyl (C=O) groups is 2. The summed E-state index contributed by atoms with van der Waals surface area (Å²) in [5, 5.41) is 6.24. The molecule has 2 fully saturated rings. The van der Waals surface area contributed by atoms with Gasteiger partial charge in [-0.05, 0) is 63.0 Å². The summed E-state index contributed by atoms with van der Waals surface area (Å²) in [6.07, 6.45) is 3.22. The first-order valence-corrected chi connectivity index (χ1v) is 9.70. The average molecular weight is 374 g/mol. The van der Waals surface area contributed by atoms with Gasteiger partial charge in [-0.25, -0.2) is 0 Å². The van der Waals surface area contributed by atoms with E-state index in [-0.39, 0.29) is 17.7 Å². The highest BCUT2D eigenvalue weighted by Gasteiger charge is 2.39. The number of benzene rings is 1. The molecule has 0 bridgehead atoms. The molecule has 0 radical (unpaired) electrons. The van der Waals surface area contributed by atoms with Gasteiger partial charge in [0, 0.05) is 25.9 Å². The number of primary amides is 1. The minimum atomic E-state index is -0.749. The lowest BCUT2D eigenvalue weighted by atomic mass is 9.91. The van der Waals surface area contributed by atoms with Crippen molar-refractivity contribution in [1.29, 1.82) is 0 Å². The summed E-state index contributed by atoms with van der Waals surface area (Å²) in [5.74, 6) is -0.338. The Balaban J connectivity index is 1.57. The second-order valence-corrected chi connectivity index (χ2v) is 7.58. The molecular weight excluding hydrogens is 344 g/mol. The average Bonchev–Trinajstić information content (AvgIpc) is 2.70. The maximum absolute atomic E-state index is 12.7. The second-order valence-electron chi connectivity index (χ2n) is 7.58. The molecule has 0 saturated carbocycles. The highest BCUT2D eigenvalue weighted by molar-refractivity contribution is 5.97. The van der Waals surface area contributed by atoms with Gasteiger partial charge >= 0.3 is 0 Å². The van der Waals surface area contributed by atoms with Crippen molar-refractivity contribution in [1.82, 2.24) is 10.2 Å². The SMILES string of the molecule is COC1(C(=O)Nc2ccc(CN3CCCC(C(N)=O)C3)cc2)CCNCC1. The largest absolute Gasteiger partial charge is 0.369 e. The lowest BCUT2D eigenvalue weighted by Gasteiger charge is -2.34. The molecule has 1 aromatic rings. The number of amides is 2. The minimum Gasteiger partial charge on any atom is -0.369 e. The molecule has 7 heteroatoms. The van der Waals surface area contributed by atoms with E-state index in [0.29, 0.717) is 12.8 Å². The molecule has 2 aliphatic heterocycles. The van der Waals surface area contributed by atoms with Gasteiger partial charge in [0.15, 0.2) is 0 Å². The molecule has 1 unspecified atom stereocenters. The minimum absolute atomic E-state index is 0.0486. The van der Waals surface area contributed by atoms with Gasteiger partial charge in [0.2, 0.25) is 5.91 Å². The summed E-state index contributed by atoms with van der Waals surface area (Å²) in [4.78, 5) is 26.4. The molecule has 2 amide bonds. The highest BCUT2D eigenvalue weighted by atomic mass is 16.5. The van der Waals surface area contributed by atoms with Crippen LogP contribution in [0.2, 0.25) is 0 Å². The first-order chi connectivity index (χ1) is 13.0. The van der Waals surface area contributed by atoms with Crippen LogP contribution in [0.1, 0.15) is 31.2 Å². The summed E-state index contributed by atoms with van der Waals surface area (Å²) in [6, 6.07) is 7.89. The smallest absolute Gasteiger partial charge is 0.256 e. The zero-order chi connectivity index (χ0) is 19.3. The van der Waals surface area contributed by atoms with Gasteiger partial charge in [0.1, 0.15) is 5.60 Å². The zero-order valence-electron chi connectivity index (χ0n) is 16.0. The summed E-state index contributed by atoms with van der Waals surface area (Å²) in [5.41, 5.74) is 6.63.